The number of carbonyl (C=O) groups excluding carboxylic acids is 1. The predicted molar refractivity (Wildman–Crippen MR) is 95.6 cm³/mol. The van der Waals surface area contributed by atoms with Crippen molar-refractivity contribution in [2.24, 2.45) is 0 Å². The summed E-state index contributed by atoms with van der Waals surface area (Å²) in [5.41, 5.74) is 0.726. The van der Waals surface area contributed by atoms with Crippen LogP contribution in [0.1, 0.15) is 31.2 Å². The second kappa shape index (κ2) is 7.43. The van der Waals surface area contributed by atoms with Crippen LogP contribution in [0.15, 0.2) is 30.3 Å². The molecule has 1 aromatic carbocycles. The first-order chi connectivity index (χ1) is 11.9. The number of sulfonamides is 1. The van der Waals surface area contributed by atoms with Gasteiger partial charge in [-0.3, -0.25) is 4.79 Å². The van der Waals surface area contributed by atoms with Crippen LogP contribution < -0.4 is 4.72 Å². The van der Waals surface area contributed by atoms with Gasteiger partial charge in [0.2, 0.25) is 15.9 Å². The smallest absolute Gasteiger partial charge is 0.226 e. The summed E-state index contributed by atoms with van der Waals surface area (Å²) in [6, 6.07) is 9.69. The fourth-order valence-electron chi connectivity index (χ4n) is 3.83. The van der Waals surface area contributed by atoms with Crippen LogP contribution in [0, 0.1) is 0 Å². The predicted octanol–water partition coefficient (Wildman–Crippen LogP) is 1.32. The number of ether oxygens (including phenoxy) is 1. The molecule has 1 unspecified atom stereocenters. The average molecular weight is 366 g/mol. The summed E-state index contributed by atoms with van der Waals surface area (Å²) >= 11 is 0. The van der Waals surface area contributed by atoms with Gasteiger partial charge in [-0.2, -0.15) is 0 Å². The van der Waals surface area contributed by atoms with E-state index in [1.165, 1.54) is 6.26 Å². The molecule has 7 heteroatoms. The molecule has 0 bridgehead atoms. The standard InChI is InChI=1S/C18H26N2O4S/c1-25(22,23)19-16-7-12-24-18(14-16)8-10-20(11-9-18)17(21)13-15-5-3-2-4-6-15/h2-6,16,19H,7-14H2,1H3. The quantitative estimate of drug-likeness (QED) is 0.872. The number of carbonyl (C=O) groups is 1. The minimum absolute atomic E-state index is 0.0738. The van der Waals surface area contributed by atoms with Crippen LogP contribution in [-0.2, 0) is 26.0 Å². The van der Waals surface area contributed by atoms with E-state index >= 15 is 0 Å². The van der Waals surface area contributed by atoms with Crippen molar-refractivity contribution in [1.82, 2.24) is 9.62 Å². The zero-order chi connectivity index (χ0) is 17.9. The molecule has 0 saturated carbocycles. The zero-order valence-electron chi connectivity index (χ0n) is 14.6. The van der Waals surface area contributed by atoms with E-state index in [-0.39, 0.29) is 17.6 Å². The molecule has 2 fully saturated rings. The van der Waals surface area contributed by atoms with Crippen molar-refractivity contribution in [3.8, 4) is 0 Å². The summed E-state index contributed by atoms with van der Waals surface area (Å²) in [6.45, 7) is 1.89. The highest BCUT2D eigenvalue weighted by atomic mass is 32.2. The molecule has 3 rings (SSSR count). The summed E-state index contributed by atoms with van der Waals surface area (Å²) in [7, 11) is -3.21. The number of nitrogens with one attached hydrogen (secondary N) is 1. The second-order valence-electron chi connectivity index (χ2n) is 7.15. The normalized spacial score (nSPS) is 23.6. The lowest BCUT2D eigenvalue weighted by atomic mass is 9.82. The van der Waals surface area contributed by atoms with Gasteiger partial charge in [0.25, 0.3) is 0 Å². The molecule has 1 atom stereocenters. The first-order valence-electron chi connectivity index (χ1n) is 8.78. The van der Waals surface area contributed by atoms with Gasteiger partial charge in [0.05, 0.1) is 18.3 Å². The summed E-state index contributed by atoms with van der Waals surface area (Å²) < 4.78 is 31.7. The Hall–Kier alpha value is -1.44. The lowest BCUT2D eigenvalue weighted by Crippen LogP contribution is -2.54. The molecule has 1 amide bonds. The third-order valence-electron chi connectivity index (χ3n) is 5.10. The van der Waals surface area contributed by atoms with Gasteiger partial charge in [-0.15, -0.1) is 0 Å². The molecular formula is C18H26N2O4S. The van der Waals surface area contributed by atoms with Gasteiger partial charge in [0.15, 0.2) is 0 Å². The molecule has 0 radical (unpaired) electrons. The Morgan fingerprint density at radius 3 is 2.60 bits per heavy atom. The van der Waals surface area contributed by atoms with Crippen molar-refractivity contribution < 1.29 is 17.9 Å². The molecule has 2 heterocycles. The Labute approximate surface area is 149 Å². The topological polar surface area (TPSA) is 75.7 Å². The molecule has 2 saturated heterocycles. The van der Waals surface area contributed by atoms with Gasteiger partial charge in [0.1, 0.15) is 0 Å². The highest BCUT2D eigenvalue weighted by Crippen LogP contribution is 2.35. The molecule has 138 valence electrons. The molecule has 0 aromatic heterocycles. The van der Waals surface area contributed by atoms with E-state index in [2.05, 4.69) is 4.72 Å². The third kappa shape index (κ3) is 5.03. The van der Waals surface area contributed by atoms with Gasteiger partial charge in [0, 0.05) is 25.7 Å². The van der Waals surface area contributed by atoms with Crippen LogP contribution in [0.5, 0.6) is 0 Å². The fourth-order valence-corrected chi connectivity index (χ4v) is 4.63. The number of amides is 1. The molecule has 2 aliphatic rings. The lowest BCUT2D eigenvalue weighted by Gasteiger charge is -2.46. The van der Waals surface area contributed by atoms with Gasteiger partial charge >= 0.3 is 0 Å². The molecule has 1 N–H and O–H groups in total. The minimum Gasteiger partial charge on any atom is -0.375 e. The summed E-state index contributed by atoms with van der Waals surface area (Å²) in [5.74, 6) is 0.141. The Bertz CT molecular complexity index is 697. The zero-order valence-corrected chi connectivity index (χ0v) is 15.4. The third-order valence-corrected chi connectivity index (χ3v) is 5.86. The number of rotatable bonds is 4. The number of likely N-dealkylation sites (tertiary alicyclic amines) is 1. The Morgan fingerprint density at radius 1 is 1.28 bits per heavy atom. The van der Waals surface area contributed by atoms with Crippen LogP contribution in [0.3, 0.4) is 0 Å². The Morgan fingerprint density at radius 2 is 1.96 bits per heavy atom. The van der Waals surface area contributed by atoms with Crippen LogP contribution in [0.4, 0.5) is 0 Å². The summed E-state index contributed by atoms with van der Waals surface area (Å²) in [4.78, 5) is 14.4. The molecule has 6 nitrogen and oxygen atoms in total. The van der Waals surface area contributed by atoms with Crippen LogP contribution >= 0.6 is 0 Å². The van der Waals surface area contributed by atoms with E-state index < -0.39 is 10.0 Å². The first kappa shape index (κ1) is 18.4. The van der Waals surface area contributed by atoms with Crippen LogP contribution in [-0.4, -0.2) is 56.8 Å². The molecule has 1 spiro atoms. The van der Waals surface area contributed by atoms with E-state index in [1.807, 2.05) is 35.2 Å². The summed E-state index contributed by atoms with van der Waals surface area (Å²) in [6.07, 6.45) is 4.52. The van der Waals surface area contributed by atoms with Gasteiger partial charge in [-0.1, -0.05) is 30.3 Å². The van der Waals surface area contributed by atoms with Crippen molar-refractivity contribution in [3.63, 3.8) is 0 Å². The van der Waals surface area contributed by atoms with E-state index in [0.29, 0.717) is 39.0 Å². The molecule has 2 aliphatic heterocycles. The number of hydrogen-bond donors (Lipinski definition) is 1. The molecule has 0 aliphatic carbocycles. The van der Waals surface area contributed by atoms with Crippen LogP contribution in [0.2, 0.25) is 0 Å². The largest absolute Gasteiger partial charge is 0.375 e. The number of hydrogen-bond acceptors (Lipinski definition) is 4. The maximum atomic E-state index is 12.5. The SMILES string of the molecule is CS(=O)(=O)NC1CCOC2(CCN(C(=O)Cc3ccccc3)CC2)C1. The number of nitrogens with zero attached hydrogens (tertiary/aromatic N) is 1. The second-order valence-corrected chi connectivity index (χ2v) is 8.93. The number of benzene rings is 1. The van der Waals surface area contributed by atoms with E-state index in [4.69, 9.17) is 4.74 Å². The number of piperidine rings is 1. The highest BCUT2D eigenvalue weighted by molar-refractivity contribution is 7.88. The Kier molecular flexibility index (Phi) is 5.46. The fraction of sp³-hybridized carbons (Fsp3) is 0.611. The van der Waals surface area contributed by atoms with Gasteiger partial charge < -0.3 is 9.64 Å². The molecule has 25 heavy (non-hydrogen) atoms. The molecular weight excluding hydrogens is 340 g/mol. The lowest BCUT2D eigenvalue weighted by molar-refractivity contribution is -0.143. The maximum absolute atomic E-state index is 12.5. The Balaban J connectivity index is 1.54. The maximum Gasteiger partial charge on any atom is 0.226 e. The highest BCUT2D eigenvalue weighted by Gasteiger charge is 2.41. The van der Waals surface area contributed by atoms with Crippen molar-refractivity contribution in [2.75, 3.05) is 26.0 Å². The monoisotopic (exact) mass is 366 g/mol. The van der Waals surface area contributed by atoms with Crippen LogP contribution in [0.25, 0.3) is 0 Å². The van der Waals surface area contributed by atoms with E-state index in [9.17, 15) is 13.2 Å². The summed E-state index contributed by atoms with van der Waals surface area (Å²) in [5, 5.41) is 0. The van der Waals surface area contributed by atoms with Crippen molar-refractivity contribution in [2.45, 2.75) is 43.7 Å². The minimum atomic E-state index is -3.21. The first-order valence-corrected chi connectivity index (χ1v) is 10.7. The average Bonchev–Trinajstić information content (AvgIpc) is 2.55. The van der Waals surface area contributed by atoms with Gasteiger partial charge in [-0.25, -0.2) is 13.1 Å². The van der Waals surface area contributed by atoms with Crippen molar-refractivity contribution >= 4 is 15.9 Å². The van der Waals surface area contributed by atoms with E-state index in [1.54, 1.807) is 0 Å². The molecule has 1 aromatic rings. The van der Waals surface area contributed by atoms with E-state index in [0.717, 1.165) is 18.4 Å². The van der Waals surface area contributed by atoms with Crippen molar-refractivity contribution in [1.29, 1.82) is 0 Å². The van der Waals surface area contributed by atoms with Crippen molar-refractivity contribution in [3.05, 3.63) is 35.9 Å². The van der Waals surface area contributed by atoms with Gasteiger partial charge in [-0.05, 0) is 31.2 Å².